The number of piperidine rings is 1. The molecule has 2 aromatic rings. The Morgan fingerprint density at radius 3 is 2.60 bits per heavy atom. The van der Waals surface area contributed by atoms with E-state index in [9.17, 15) is 4.79 Å². The van der Waals surface area contributed by atoms with E-state index in [1.807, 2.05) is 38.1 Å². The van der Waals surface area contributed by atoms with Crippen molar-refractivity contribution in [2.24, 2.45) is 11.3 Å². The van der Waals surface area contributed by atoms with Crippen molar-refractivity contribution in [3.05, 3.63) is 30.1 Å². The molecule has 0 bridgehead atoms. The number of hydrogen-bond acceptors (Lipinski definition) is 3. The highest BCUT2D eigenvalue weighted by Gasteiger charge is 2.35. The molecule has 0 spiro atoms. The van der Waals surface area contributed by atoms with Crippen molar-refractivity contribution < 1.29 is 4.79 Å². The molecule has 1 N–H and O–H groups in total. The van der Waals surface area contributed by atoms with Crippen LogP contribution in [0.25, 0.3) is 11.0 Å². The third-order valence-corrected chi connectivity index (χ3v) is 5.15. The quantitative estimate of drug-likeness (QED) is 0.909. The van der Waals surface area contributed by atoms with E-state index >= 15 is 0 Å². The van der Waals surface area contributed by atoms with Gasteiger partial charge in [0.1, 0.15) is 5.82 Å². The maximum absolute atomic E-state index is 13.0. The molecule has 25 heavy (non-hydrogen) atoms. The van der Waals surface area contributed by atoms with Crippen molar-refractivity contribution in [3.63, 3.8) is 0 Å². The summed E-state index contributed by atoms with van der Waals surface area (Å²) in [5.74, 6) is 1.84. The van der Waals surface area contributed by atoms with E-state index in [2.05, 4.69) is 33.9 Å². The van der Waals surface area contributed by atoms with Gasteiger partial charge in [-0.05, 0) is 45.0 Å². The zero-order chi connectivity index (χ0) is 18.0. The molecule has 1 saturated heterocycles. The summed E-state index contributed by atoms with van der Waals surface area (Å²) in [7, 11) is 4.24. The highest BCUT2D eigenvalue weighted by atomic mass is 16.2. The molecule has 2 heterocycles. The summed E-state index contributed by atoms with van der Waals surface area (Å²) in [5.41, 5.74) is 1.55. The topological polar surface area (TPSA) is 52.2 Å². The van der Waals surface area contributed by atoms with E-state index in [0.717, 1.165) is 49.3 Å². The molecule has 5 nitrogen and oxygen atoms in total. The number of para-hydroxylation sites is 2. The summed E-state index contributed by atoms with van der Waals surface area (Å²) in [6, 6.07) is 8.01. The van der Waals surface area contributed by atoms with Gasteiger partial charge in [-0.3, -0.25) is 4.79 Å². The number of carbonyl (C=O) groups is 1. The number of carbonyl (C=O) groups excluding carboxylic acids is 1. The molecule has 136 valence electrons. The third-order valence-electron chi connectivity index (χ3n) is 5.15. The van der Waals surface area contributed by atoms with Gasteiger partial charge in [-0.2, -0.15) is 0 Å². The minimum atomic E-state index is -0.442. The number of rotatable bonds is 5. The number of imidazole rings is 1. The molecule has 1 aromatic carbocycles. The van der Waals surface area contributed by atoms with Gasteiger partial charge in [0.15, 0.2) is 0 Å². The lowest BCUT2D eigenvalue weighted by atomic mass is 9.85. The summed E-state index contributed by atoms with van der Waals surface area (Å²) in [4.78, 5) is 25.3. The largest absolute Gasteiger partial charge is 0.342 e. The first-order valence-corrected chi connectivity index (χ1v) is 9.23. The van der Waals surface area contributed by atoms with Crippen molar-refractivity contribution in [2.75, 3.05) is 33.7 Å². The number of fused-ring (bicyclic) bond motifs is 1. The first-order chi connectivity index (χ1) is 11.8. The molecule has 1 aliphatic heterocycles. The van der Waals surface area contributed by atoms with Gasteiger partial charge < -0.3 is 14.8 Å². The van der Waals surface area contributed by atoms with Crippen molar-refractivity contribution in [2.45, 2.75) is 33.1 Å². The Labute approximate surface area is 150 Å². The first-order valence-electron chi connectivity index (χ1n) is 9.23. The normalized spacial score (nSPS) is 16.8. The molecule has 0 radical (unpaired) electrons. The van der Waals surface area contributed by atoms with Gasteiger partial charge in [0, 0.05) is 26.1 Å². The number of benzene rings is 1. The van der Waals surface area contributed by atoms with Crippen LogP contribution < -0.4 is 0 Å². The Morgan fingerprint density at radius 2 is 1.96 bits per heavy atom. The van der Waals surface area contributed by atoms with E-state index in [-0.39, 0.29) is 5.91 Å². The van der Waals surface area contributed by atoms with E-state index in [0.29, 0.717) is 12.3 Å². The van der Waals surface area contributed by atoms with Crippen LogP contribution in [-0.4, -0.2) is 59.4 Å². The molecule has 0 unspecified atom stereocenters. The van der Waals surface area contributed by atoms with Crippen molar-refractivity contribution in [1.29, 1.82) is 0 Å². The number of aromatic nitrogens is 2. The fourth-order valence-electron chi connectivity index (χ4n) is 3.85. The molecular formula is C20H30N4O. The molecular weight excluding hydrogens is 312 g/mol. The van der Waals surface area contributed by atoms with Crippen LogP contribution in [0.3, 0.4) is 0 Å². The fraction of sp³-hybridized carbons (Fsp3) is 0.600. The lowest BCUT2D eigenvalue weighted by Crippen LogP contribution is -2.47. The second kappa shape index (κ2) is 7.16. The van der Waals surface area contributed by atoms with Crippen LogP contribution in [0.4, 0.5) is 0 Å². The fourth-order valence-corrected chi connectivity index (χ4v) is 3.85. The summed E-state index contributed by atoms with van der Waals surface area (Å²) < 4.78 is 0. The summed E-state index contributed by atoms with van der Waals surface area (Å²) in [6.45, 7) is 6.94. The molecule has 0 aliphatic carbocycles. The number of aromatic amines is 1. The van der Waals surface area contributed by atoms with Crippen molar-refractivity contribution in [3.8, 4) is 0 Å². The zero-order valence-electron chi connectivity index (χ0n) is 15.9. The van der Waals surface area contributed by atoms with Crippen molar-refractivity contribution in [1.82, 2.24) is 19.8 Å². The Kier molecular flexibility index (Phi) is 5.13. The predicted octanol–water partition coefficient (Wildman–Crippen LogP) is 2.93. The molecule has 3 rings (SSSR count). The number of hydrogen-bond donors (Lipinski definition) is 1. The summed E-state index contributed by atoms with van der Waals surface area (Å²) in [6.07, 6.45) is 2.84. The Bertz CT molecular complexity index is 693. The smallest absolute Gasteiger partial charge is 0.228 e. The number of amides is 1. The highest BCUT2D eigenvalue weighted by Crippen LogP contribution is 2.28. The molecule has 0 saturated carbocycles. The number of nitrogens with zero attached hydrogens (tertiary/aromatic N) is 3. The Balaban J connectivity index is 1.62. The highest BCUT2D eigenvalue weighted by molar-refractivity contribution is 5.82. The lowest BCUT2D eigenvalue weighted by Gasteiger charge is -2.37. The number of likely N-dealkylation sites (tertiary alicyclic amines) is 1. The minimum Gasteiger partial charge on any atom is -0.342 e. The van der Waals surface area contributed by atoms with Gasteiger partial charge in [-0.1, -0.05) is 26.0 Å². The van der Waals surface area contributed by atoms with Crippen LogP contribution in [0.2, 0.25) is 0 Å². The van der Waals surface area contributed by atoms with Crippen molar-refractivity contribution >= 4 is 16.9 Å². The van der Waals surface area contributed by atoms with Crippen LogP contribution in [0.15, 0.2) is 24.3 Å². The second-order valence-corrected chi connectivity index (χ2v) is 8.26. The Hall–Kier alpha value is -1.88. The summed E-state index contributed by atoms with van der Waals surface area (Å²) >= 11 is 0. The second-order valence-electron chi connectivity index (χ2n) is 8.26. The van der Waals surface area contributed by atoms with E-state index < -0.39 is 5.41 Å². The lowest BCUT2D eigenvalue weighted by molar-refractivity contribution is -0.141. The van der Waals surface area contributed by atoms with Crippen LogP contribution in [0, 0.1) is 11.3 Å². The van der Waals surface area contributed by atoms with Gasteiger partial charge in [-0.15, -0.1) is 0 Å². The number of nitrogens with one attached hydrogen (secondary N) is 1. The van der Waals surface area contributed by atoms with E-state index in [4.69, 9.17) is 0 Å². The van der Waals surface area contributed by atoms with Gasteiger partial charge in [-0.25, -0.2) is 4.98 Å². The maximum Gasteiger partial charge on any atom is 0.228 e. The first kappa shape index (κ1) is 17.9. The van der Waals surface area contributed by atoms with Gasteiger partial charge in [0.25, 0.3) is 0 Å². The van der Waals surface area contributed by atoms with Crippen LogP contribution in [0.1, 0.15) is 32.5 Å². The standard InChI is InChI=1S/C20H30N4O/c1-20(2,13-18-21-16-7-5-6-8-17(16)22-18)19(25)24-11-9-15(10-12-24)14-23(3)4/h5-8,15H,9-14H2,1-4H3,(H,21,22). The maximum atomic E-state index is 13.0. The van der Waals surface area contributed by atoms with E-state index in [1.54, 1.807) is 0 Å². The van der Waals surface area contributed by atoms with Gasteiger partial charge in [0.05, 0.1) is 16.4 Å². The predicted molar refractivity (Wildman–Crippen MR) is 101 cm³/mol. The SMILES string of the molecule is CN(C)CC1CCN(C(=O)C(C)(C)Cc2nc3ccccc3[nH]2)CC1. The molecule has 5 heteroatoms. The minimum absolute atomic E-state index is 0.247. The average molecular weight is 342 g/mol. The monoisotopic (exact) mass is 342 g/mol. The molecule has 1 fully saturated rings. The van der Waals surface area contributed by atoms with E-state index in [1.165, 1.54) is 0 Å². The molecule has 0 atom stereocenters. The Morgan fingerprint density at radius 1 is 1.28 bits per heavy atom. The van der Waals surface area contributed by atoms with Gasteiger partial charge >= 0.3 is 0 Å². The average Bonchev–Trinajstić information content (AvgIpc) is 2.95. The van der Waals surface area contributed by atoms with Crippen LogP contribution in [0.5, 0.6) is 0 Å². The molecule has 1 aliphatic rings. The molecule has 1 aromatic heterocycles. The van der Waals surface area contributed by atoms with Gasteiger partial charge in [0.2, 0.25) is 5.91 Å². The summed E-state index contributed by atoms with van der Waals surface area (Å²) in [5, 5.41) is 0. The zero-order valence-corrected chi connectivity index (χ0v) is 15.9. The van der Waals surface area contributed by atoms with Crippen LogP contribution >= 0.6 is 0 Å². The van der Waals surface area contributed by atoms with Crippen LogP contribution in [-0.2, 0) is 11.2 Å². The molecule has 1 amide bonds. The number of H-pyrrole nitrogens is 1. The third kappa shape index (κ3) is 4.21.